The maximum absolute atomic E-state index is 5.73. The first-order valence-electron chi connectivity index (χ1n) is 2.94. The Labute approximate surface area is 78.4 Å². The monoisotopic (exact) mass is 235 g/mol. The van der Waals surface area contributed by atoms with Gasteiger partial charge in [-0.2, -0.15) is 0 Å². The topological polar surface area (TPSA) is 35.2 Å². The van der Waals surface area contributed by atoms with Crippen molar-refractivity contribution in [1.82, 2.24) is 0 Å². The van der Waals surface area contributed by atoms with Crippen LogP contribution in [0.25, 0.3) is 0 Å². The molecule has 4 heteroatoms. The summed E-state index contributed by atoms with van der Waals surface area (Å²) in [7, 11) is 1.58. The minimum absolute atomic E-state index is 0.506. The molecule has 0 saturated carbocycles. The predicted molar refractivity (Wildman–Crippen MR) is 50.1 cm³/mol. The van der Waals surface area contributed by atoms with Crippen LogP contribution in [0, 0.1) is 0 Å². The van der Waals surface area contributed by atoms with Gasteiger partial charge in [0, 0.05) is 0 Å². The van der Waals surface area contributed by atoms with Gasteiger partial charge in [-0.25, -0.2) is 0 Å². The summed E-state index contributed by atoms with van der Waals surface area (Å²) < 4.78 is 5.70. The molecule has 11 heavy (non-hydrogen) atoms. The third-order valence-electron chi connectivity index (χ3n) is 1.31. The van der Waals surface area contributed by atoms with E-state index in [0.717, 1.165) is 0 Å². The smallest absolute Gasteiger partial charge is 0.135 e. The molecule has 1 rings (SSSR count). The Kier molecular flexibility index (Phi) is 2.62. The van der Waals surface area contributed by atoms with Gasteiger partial charge in [0.2, 0.25) is 0 Å². The highest BCUT2D eigenvalue weighted by atomic mass is 79.9. The van der Waals surface area contributed by atoms with Gasteiger partial charge in [-0.05, 0) is 28.1 Å². The zero-order valence-corrected chi connectivity index (χ0v) is 8.24. The molecule has 0 atom stereocenters. The van der Waals surface area contributed by atoms with Gasteiger partial charge in [0.1, 0.15) is 5.75 Å². The molecule has 0 aliphatic heterocycles. The third-order valence-corrected chi connectivity index (χ3v) is 2.46. The maximum Gasteiger partial charge on any atom is 0.135 e. The maximum atomic E-state index is 5.73. The van der Waals surface area contributed by atoms with E-state index in [1.807, 2.05) is 0 Å². The van der Waals surface area contributed by atoms with Crippen LogP contribution in [0.3, 0.4) is 0 Å². The van der Waals surface area contributed by atoms with Crippen LogP contribution in [0.2, 0.25) is 5.02 Å². The number of hydrogen-bond donors (Lipinski definition) is 1. The average molecular weight is 236 g/mol. The van der Waals surface area contributed by atoms with Crippen LogP contribution in [0.4, 0.5) is 5.69 Å². The number of nitrogens with two attached hydrogens (primary N) is 1. The Bertz CT molecular complexity index is 277. The molecule has 2 nitrogen and oxygen atoms in total. The summed E-state index contributed by atoms with van der Waals surface area (Å²) in [5.74, 6) is 0.687. The van der Waals surface area contributed by atoms with Crippen LogP contribution >= 0.6 is 27.5 Å². The second-order valence-corrected chi connectivity index (χ2v) is 3.18. The zero-order valence-electron chi connectivity index (χ0n) is 5.90. The quantitative estimate of drug-likeness (QED) is 0.761. The minimum atomic E-state index is 0.506. The van der Waals surface area contributed by atoms with Gasteiger partial charge in [0.25, 0.3) is 0 Å². The van der Waals surface area contributed by atoms with Crippen molar-refractivity contribution in [1.29, 1.82) is 0 Å². The average Bonchev–Trinajstić information content (AvgIpc) is 2.01. The standard InChI is InChI=1S/C7H7BrClNO/c1-11-5-3-2-4(9)7(10)6(5)8/h2-3H,10H2,1H3. The van der Waals surface area contributed by atoms with Gasteiger partial charge < -0.3 is 10.5 Å². The molecule has 0 bridgehead atoms. The fraction of sp³-hybridized carbons (Fsp3) is 0.143. The van der Waals surface area contributed by atoms with E-state index in [0.29, 0.717) is 20.9 Å². The number of nitrogen functional groups attached to an aromatic ring is 1. The van der Waals surface area contributed by atoms with Gasteiger partial charge in [-0.1, -0.05) is 11.6 Å². The number of hydrogen-bond acceptors (Lipinski definition) is 2. The Balaban J connectivity index is 3.25. The molecule has 0 radical (unpaired) electrons. The van der Waals surface area contributed by atoms with Crippen molar-refractivity contribution in [2.45, 2.75) is 0 Å². The van der Waals surface area contributed by atoms with Crippen molar-refractivity contribution in [3.63, 3.8) is 0 Å². The molecule has 0 heterocycles. The molecule has 0 aliphatic rings. The van der Waals surface area contributed by atoms with Crippen LogP contribution < -0.4 is 10.5 Å². The first-order chi connectivity index (χ1) is 5.16. The molecular weight excluding hydrogens is 229 g/mol. The molecule has 0 unspecified atom stereocenters. The summed E-state index contributed by atoms with van der Waals surface area (Å²) in [6.45, 7) is 0. The molecule has 0 spiro atoms. The molecule has 60 valence electrons. The van der Waals surface area contributed by atoms with Crippen LogP contribution in [0.5, 0.6) is 5.75 Å². The fourth-order valence-electron chi connectivity index (χ4n) is 0.707. The fourth-order valence-corrected chi connectivity index (χ4v) is 1.49. The van der Waals surface area contributed by atoms with Crippen LogP contribution in [-0.4, -0.2) is 7.11 Å². The summed E-state index contributed by atoms with van der Waals surface area (Å²) in [6.07, 6.45) is 0. The third kappa shape index (κ3) is 1.60. The van der Waals surface area contributed by atoms with Crippen molar-refractivity contribution in [2.75, 3.05) is 12.8 Å². The van der Waals surface area contributed by atoms with Gasteiger partial charge in [0.15, 0.2) is 0 Å². The van der Waals surface area contributed by atoms with E-state index in [-0.39, 0.29) is 0 Å². The molecule has 0 aliphatic carbocycles. The van der Waals surface area contributed by atoms with E-state index < -0.39 is 0 Å². The highest BCUT2D eigenvalue weighted by Gasteiger charge is 2.06. The van der Waals surface area contributed by atoms with E-state index in [9.17, 15) is 0 Å². The van der Waals surface area contributed by atoms with Crippen LogP contribution in [0.1, 0.15) is 0 Å². The SMILES string of the molecule is COc1ccc(Cl)c(N)c1Br. The number of benzene rings is 1. The number of ether oxygens (including phenoxy) is 1. The number of rotatable bonds is 1. The van der Waals surface area contributed by atoms with E-state index in [1.165, 1.54) is 0 Å². The lowest BCUT2D eigenvalue weighted by Gasteiger charge is -2.05. The van der Waals surface area contributed by atoms with Gasteiger partial charge in [0.05, 0.1) is 22.3 Å². The zero-order chi connectivity index (χ0) is 8.43. The van der Waals surface area contributed by atoms with Crippen molar-refractivity contribution >= 4 is 33.2 Å². The second kappa shape index (κ2) is 3.32. The Hall–Kier alpha value is -0.410. The van der Waals surface area contributed by atoms with E-state index in [1.54, 1.807) is 19.2 Å². The number of methoxy groups -OCH3 is 1. The van der Waals surface area contributed by atoms with Gasteiger partial charge in [-0.3, -0.25) is 0 Å². The molecule has 0 saturated heterocycles. The van der Waals surface area contributed by atoms with E-state index in [2.05, 4.69) is 15.9 Å². The number of anilines is 1. The van der Waals surface area contributed by atoms with Crippen LogP contribution in [-0.2, 0) is 0 Å². The largest absolute Gasteiger partial charge is 0.495 e. The van der Waals surface area contributed by atoms with Gasteiger partial charge in [-0.15, -0.1) is 0 Å². The van der Waals surface area contributed by atoms with Crippen molar-refractivity contribution in [2.24, 2.45) is 0 Å². The molecule has 1 aromatic rings. The molecule has 2 N–H and O–H groups in total. The summed E-state index contributed by atoms with van der Waals surface area (Å²) >= 11 is 8.99. The first-order valence-corrected chi connectivity index (χ1v) is 4.11. The summed E-state index contributed by atoms with van der Waals surface area (Å²) in [6, 6.07) is 3.45. The summed E-state index contributed by atoms with van der Waals surface area (Å²) in [5.41, 5.74) is 6.10. The Morgan fingerprint density at radius 3 is 2.73 bits per heavy atom. The molecular formula is C7H7BrClNO. The summed E-state index contributed by atoms with van der Waals surface area (Å²) in [4.78, 5) is 0. The van der Waals surface area contributed by atoms with E-state index in [4.69, 9.17) is 22.1 Å². The first kappa shape index (κ1) is 8.68. The molecule has 0 fully saturated rings. The molecule has 1 aromatic carbocycles. The van der Waals surface area contributed by atoms with Crippen molar-refractivity contribution in [3.8, 4) is 5.75 Å². The van der Waals surface area contributed by atoms with Crippen molar-refractivity contribution in [3.05, 3.63) is 21.6 Å². The highest BCUT2D eigenvalue weighted by molar-refractivity contribution is 9.10. The van der Waals surface area contributed by atoms with Crippen LogP contribution in [0.15, 0.2) is 16.6 Å². The second-order valence-electron chi connectivity index (χ2n) is 1.98. The van der Waals surface area contributed by atoms with Crippen molar-refractivity contribution < 1.29 is 4.74 Å². The Morgan fingerprint density at radius 1 is 1.55 bits per heavy atom. The molecule has 0 amide bonds. The lowest BCUT2D eigenvalue weighted by Crippen LogP contribution is -1.91. The lowest BCUT2D eigenvalue weighted by molar-refractivity contribution is 0.412. The lowest BCUT2D eigenvalue weighted by atomic mass is 10.3. The number of halogens is 2. The van der Waals surface area contributed by atoms with Gasteiger partial charge >= 0.3 is 0 Å². The normalized spacial score (nSPS) is 9.73. The van der Waals surface area contributed by atoms with E-state index >= 15 is 0 Å². The highest BCUT2D eigenvalue weighted by Crippen LogP contribution is 2.35. The summed E-state index contributed by atoms with van der Waals surface area (Å²) in [5, 5.41) is 0.526. The molecule has 0 aromatic heterocycles. The minimum Gasteiger partial charge on any atom is -0.495 e. The predicted octanol–water partition coefficient (Wildman–Crippen LogP) is 2.69. The Morgan fingerprint density at radius 2 is 2.18 bits per heavy atom.